The quantitative estimate of drug-likeness (QED) is 0.915. The molecule has 4 heteroatoms. The minimum absolute atomic E-state index is 0.128. The van der Waals surface area contributed by atoms with Crippen molar-refractivity contribution in [3.05, 3.63) is 52.2 Å². The summed E-state index contributed by atoms with van der Waals surface area (Å²) in [4.78, 5) is 4.26. The number of halogens is 1. The van der Waals surface area contributed by atoms with Crippen molar-refractivity contribution in [1.29, 1.82) is 0 Å². The second-order valence-corrected chi connectivity index (χ2v) is 5.09. The van der Waals surface area contributed by atoms with E-state index in [2.05, 4.69) is 4.98 Å². The number of benzene rings is 1. The normalized spacial score (nSPS) is 12.3. The zero-order valence-corrected chi connectivity index (χ0v) is 12.0. The first kappa shape index (κ1) is 13.8. The Morgan fingerprint density at radius 3 is 2.47 bits per heavy atom. The monoisotopic (exact) mass is 276 g/mol. The van der Waals surface area contributed by atoms with Crippen molar-refractivity contribution < 1.29 is 4.74 Å². The lowest BCUT2D eigenvalue weighted by Gasteiger charge is -2.15. The standard InChI is InChI=1S/C15H17ClN2O/c1-9-7-12(16)8-10(2)14(9)19-15-13(11(3)17)5-4-6-18-15/h4-8,11H,17H2,1-3H3/t11-/m0/s1. The van der Waals surface area contributed by atoms with Crippen molar-refractivity contribution in [3.63, 3.8) is 0 Å². The number of pyridine rings is 1. The minimum Gasteiger partial charge on any atom is -0.438 e. The molecule has 100 valence electrons. The Morgan fingerprint density at radius 2 is 1.89 bits per heavy atom. The van der Waals surface area contributed by atoms with Crippen LogP contribution in [-0.4, -0.2) is 4.98 Å². The molecule has 1 aromatic carbocycles. The van der Waals surface area contributed by atoms with Gasteiger partial charge in [-0.1, -0.05) is 17.7 Å². The van der Waals surface area contributed by atoms with Crippen LogP contribution in [0.3, 0.4) is 0 Å². The van der Waals surface area contributed by atoms with Crippen LogP contribution >= 0.6 is 11.6 Å². The number of aromatic nitrogens is 1. The number of nitrogens with two attached hydrogens (primary N) is 1. The SMILES string of the molecule is Cc1cc(Cl)cc(C)c1Oc1ncccc1[C@H](C)N. The molecule has 3 nitrogen and oxygen atoms in total. The van der Waals surface area contributed by atoms with Crippen molar-refractivity contribution in [1.82, 2.24) is 4.98 Å². The van der Waals surface area contributed by atoms with Gasteiger partial charge in [0.2, 0.25) is 5.88 Å². The summed E-state index contributed by atoms with van der Waals surface area (Å²) in [6, 6.07) is 7.40. The summed E-state index contributed by atoms with van der Waals surface area (Å²) in [5.41, 5.74) is 8.77. The predicted molar refractivity (Wildman–Crippen MR) is 77.8 cm³/mol. The van der Waals surface area contributed by atoms with Gasteiger partial charge in [-0.2, -0.15) is 0 Å². The lowest BCUT2D eigenvalue weighted by Crippen LogP contribution is -2.08. The fourth-order valence-corrected chi connectivity index (χ4v) is 2.32. The van der Waals surface area contributed by atoms with E-state index in [1.54, 1.807) is 6.20 Å². The van der Waals surface area contributed by atoms with E-state index >= 15 is 0 Å². The molecular weight excluding hydrogens is 260 g/mol. The molecule has 0 fully saturated rings. The summed E-state index contributed by atoms with van der Waals surface area (Å²) in [5.74, 6) is 1.33. The van der Waals surface area contributed by atoms with Crippen LogP contribution in [0.5, 0.6) is 11.6 Å². The maximum Gasteiger partial charge on any atom is 0.223 e. The molecule has 19 heavy (non-hydrogen) atoms. The van der Waals surface area contributed by atoms with Gasteiger partial charge in [-0.15, -0.1) is 0 Å². The van der Waals surface area contributed by atoms with Crippen molar-refractivity contribution in [2.75, 3.05) is 0 Å². The molecule has 1 aromatic heterocycles. The van der Waals surface area contributed by atoms with E-state index in [0.29, 0.717) is 10.9 Å². The molecule has 1 heterocycles. The first-order valence-electron chi connectivity index (χ1n) is 6.14. The van der Waals surface area contributed by atoms with Gasteiger partial charge in [0, 0.05) is 22.8 Å². The number of hydrogen-bond acceptors (Lipinski definition) is 3. The summed E-state index contributed by atoms with van der Waals surface area (Å²) in [6.45, 7) is 5.83. The third kappa shape index (κ3) is 3.06. The molecule has 2 N–H and O–H groups in total. The van der Waals surface area contributed by atoms with Crippen LogP contribution in [0, 0.1) is 13.8 Å². The highest BCUT2D eigenvalue weighted by atomic mass is 35.5. The second kappa shape index (κ2) is 5.59. The van der Waals surface area contributed by atoms with E-state index in [9.17, 15) is 0 Å². The lowest BCUT2D eigenvalue weighted by atomic mass is 10.1. The van der Waals surface area contributed by atoms with E-state index in [-0.39, 0.29) is 6.04 Å². The highest BCUT2D eigenvalue weighted by molar-refractivity contribution is 6.30. The maximum atomic E-state index is 6.02. The number of rotatable bonds is 3. The van der Waals surface area contributed by atoms with Gasteiger partial charge in [-0.25, -0.2) is 4.98 Å². The zero-order valence-electron chi connectivity index (χ0n) is 11.3. The van der Waals surface area contributed by atoms with Crippen LogP contribution in [0.25, 0.3) is 0 Å². The van der Waals surface area contributed by atoms with E-state index in [4.69, 9.17) is 22.1 Å². The maximum absolute atomic E-state index is 6.02. The molecule has 0 spiro atoms. The molecule has 2 aromatic rings. The topological polar surface area (TPSA) is 48.1 Å². The van der Waals surface area contributed by atoms with Crippen LogP contribution in [0.1, 0.15) is 29.7 Å². The van der Waals surface area contributed by atoms with Crippen LogP contribution in [0.4, 0.5) is 0 Å². The Morgan fingerprint density at radius 1 is 1.26 bits per heavy atom. The van der Waals surface area contributed by atoms with Crippen molar-refractivity contribution >= 4 is 11.6 Å². The van der Waals surface area contributed by atoms with Crippen LogP contribution in [0.2, 0.25) is 5.02 Å². The number of ether oxygens (including phenoxy) is 1. The lowest BCUT2D eigenvalue weighted by molar-refractivity contribution is 0.445. The van der Waals surface area contributed by atoms with Crippen molar-refractivity contribution in [2.24, 2.45) is 5.73 Å². The largest absolute Gasteiger partial charge is 0.438 e. The van der Waals surface area contributed by atoms with Gasteiger partial charge in [-0.3, -0.25) is 0 Å². The smallest absolute Gasteiger partial charge is 0.223 e. The first-order chi connectivity index (χ1) is 8.99. The van der Waals surface area contributed by atoms with Gasteiger partial charge >= 0.3 is 0 Å². The second-order valence-electron chi connectivity index (χ2n) is 4.66. The molecule has 2 rings (SSSR count). The Balaban J connectivity index is 2.42. The molecule has 0 bridgehead atoms. The average Bonchev–Trinajstić information content (AvgIpc) is 2.34. The molecular formula is C15H17ClN2O. The third-order valence-corrected chi connectivity index (χ3v) is 3.13. The molecule has 0 radical (unpaired) electrons. The Bertz CT molecular complexity index is 573. The van der Waals surface area contributed by atoms with Gasteiger partial charge < -0.3 is 10.5 Å². The number of nitrogens with zero attached hydrogens (tertiary/aromatic N) is 1. The number of hydrogen-bond donors (Lipinski definition) is 1. The fourth-order valence-electron chi connectivity index (χ4n) is 1.99. The van der Waals surface area contributed by atoms with Crippen LogP contribution < -0.4 is 10.5 Å². The molecule has 0 unspecified atom stereocenters. The summed E-state index contributed by atoms with van der Waals surface area (Å²) in [6.07, 6.45) is 1.70. The summed E-state index contributed by atoms with van der Waals surface area (Å²) in [5, 5.41) is 0.704. The minimum atomic E-state index is -0.128. The predicted octanol–water partition coefficient (Wildman–Crippen LogP) is 4.16. The van der Waals surface area contributed by atoms with Gasteiger partial charge in [-0.05, 0) is 50.1 Å². The molecule has 0 amide bonds. The summed E-state index contributed by atoms with van der Waals surface area (Å²) in [7, 11) is 0. The zero-order chi connectivity index (χ0) is 14.0. The molecule has 0 aliphatic heterocycles. The van der Waals surface area contributed by atoms with E-state index < -0.39 is 0 Å². The number of aryl methyl sites for hydroxylation is 2. The van der Waals surface area contributed by atoms with Crippen LogP contribution in [-0.2, 0) is 0 Å². The highest BCUT2D eigenvalue weighted by Crippen LogP contribution is 2.32. The molecule has 0 saturated heterocycles. The molecule has 0 aliphatic carbocycles. The third-order valence-electron chi connectivity index (χ3n) is 2.91. The Kier molecular flexibility index (Phi) is 4.08. The van der Waals surface area contributed by atoms with Gasteiger partial charge in [0.1, 0.15) is 5.75 Å². The van der Waals surface area contributed by atoms with Crippen molar-refractivity contribution in [3.8, 4) is 11.6 Å². The van der Waals surface area contributed by atoms with E-state index in [1.807, 2.05) is 45.0 Å². The first-order valence-corrected chi connectivity index (χ1v) is 6.52. The summed E-state index contributed by atoms with van der Waals surface area (Å²) >= 11 is 6.02. The molecule has 0 saturated carbocycles. The van der Waals surface area contributed by atoms with Crippen molar-refractivity contribution in [2.45, 2.75) is 26.8 Å². The Labute approximate surface area is 118 Å². The highest BCUT2D eigenvalue weighted by Gasteiger charge is 2.13. The van der Waals surface area contributed by atoms with Crippen LogP contribution in [0.15, 0.2) is 30.5 Å². The van der Waals surface area contributed by atoms with E-state index in [0.717, 1.165) is 22.4 Å². The van der Waals surface area contributed by atoms with Gasteiger partial charge in [0.05, 0.1) is 0 Å². The fraction of sp³-hybridized carbons (Fsp3) is 0.267. The molecule has 1 atom stereocenters. The van der Waals surface area contributed by atoms with Gasteiger partial charge in [0.25, 0.3) is 0 Å². The summed E-state index contributed by atoms with van der Waals surface area (Å²) < 4.78 is 5.94. The average molecular weight is 277 g/mol. The molecule has 0 aliphatic rings. The van der Waals surface area contributed by atoms with E-state index in [1.165, 1.54) is 0 Å². The Hall–Kier alpha value is -1.58. The van der Waals surface area contributed by atoms with Gasteiger partial charge in [0.15, 0.2) is 0 Å².